The SMILES string of the molecule is COc1ccc(NC(=O)CN(C)CCc2ccncc2)cc1OC. The molecular weight excluding hydrogens is 306 g/mol. The summed E-state index contributed by atoms with van der Waals surface area (Å²) >= 11 is 0. The second-order valence-electron chi connectivity index (χ2n) is 5.46. The van der Waals surface area contributed by atoms with Crippen LogP contribution in [0.1, 0.15) is 5.56 Å². The van der Waals surface area contributed by atoms with Crippen molar-refractivity contribution in [3.05, 3.63) is 48.3 Å². The number of methoxy groups -OCH3 is 2. The molecule has 1 aromatic carbocycles. The summed E-state index contributed by atoms with van der Waals surface area (Å²) < 4.78 is 10.4. The summed E-state index contributed by atoms with van der Waals surface area (Å²) in [5.41, 5.74) is 1.89. The number of rotatable bonds is 8. The van der Waals surface area contributed by atoms with Crippen molar-refractivity contribution >= 4 is 11.6 Å². The zero-order valence-electron chi connectivity index (χ0n) is 14.3. The standard InChI is InChI=1S/C18H23N3O3/c1-21(11-8-14-6-9-19-10-7-14)13-18(22)20-15-4-5-16(23-2)17(12-15)24-3/h4-7,9-10,12H,8,11,13H2,1-3H3,(H,20,22). The monoisotopic (exact) mass is 329 g/mol. The van der Waals surface area contributed by atoms with E-state index in [-0.39, 0.29) is 5.91 Å². The van der Waals surface area contributed by atoms with Crippen molar-refractivity contribution in [1.29, 1.82) is 0 Å². The molecule has 6 heteroatoms. The molecule has 0 bridgehead atoms. The number of hydrogen-bond donors (Lipinski definition) is 1. The van der Waals surface area contributed by atoms with Gasteiger partial charge in [-0.15, -0.1) is 0 Å². The molecule has 0 radical (unpaired) electrons. The van der Waals surface area contributed by atoms with E-state index >= 15 is 0 Å². The molecule has 1 amide bonds. The van der Waals surface area contributed by atoms with Gasteiger partial charge in [-0.2, -0.15) is 0 Å². The second-order valence-corrected chi connectivity index (χ2v) is 5.46. The van der Waals surface area contributed by atoms with Gasteiger partial charge in [0.25, 0.3) is 0 Å². The first-order chi connectivity index (χ1) is 11.6. The topological polar surface area (TPSA) is 63.7 Å². The van der Waals surface area contributed by atoms with Crippen LogP contribution in [0, 0.1) is 0 Å². The molecule has 2 aromatic rings. The van der Waals surface area contributed by atoms with Gasteiger partial charge in [-0.25, -0.2) is 0 Å². The van der Waals surface area contributed by atoms with E-state index in [1.165, 1.54) is 5.56 Å². The summed E-state index contributed by atoms with van der Waals surface area (Å²) in [6, 6.07) is 9.26. The van der Waals surface area contributed by atoms with Gasteiger partial charge >= 0.3 is 0 Å². The number of anilines is 1. The van der Waals surface area contributed by atoms with E-state index in [1.54, 1.807) is 44.8 Å². The lowest BCUT2D eigenvalue weighted by Crippen LogP contribution is -2.31. The number of ether oxygens (including phenoxy) is 2. The molecule has 0 spiro atoms. The predicted molar refractivity (Wildman–Crippen MR) is 93.6 cm³/mol. The van der Waals surface area contributed by atoms with Crippen LogP contribution < -0.4 is 14.8 Å². The molecule has 128 valence electrons. The molecular formula is C18H23N3O3. The van der Waals surface area contributed by atoms with Gasteiger partial charge in [0.1, 0.15) is 0 Å². The number of carbonyl (C=O) groups excluding carboxylic acids is 1. The molecule has 0 aliphatic carbocycles. The van der Waals surface area contributed by atoms with Crippen molar-refractivity contribution in [3.63, 3.8) is 0 Å². The predicted octanol–water partition coefficient (Wildman–Crippen LogP) is 2.21. The van der Waals surface area contributed by atoms with Crippen LogP contribution >= 0.6 is 0 Å². The first-order valence-corrected chi connectivity index (χ1v) is 7.71. The van der Waals surface area contributed by atoms with Crippen molar-refractivity contribution in [2.45, 2.75) is 6.42 Å². The molecule has 24 heavy (non-hydrogen) atoms. The molecule has 0 aliphatic heterocycles. The fourth-order valence-corrected chi connectivity index (χ4v) is 2.31. The number of nitrogens with zero attached hydrogens (tertiary/aromatic N) is 2. The van der Waals surface area contributed by atoms with Gasteiger partial charge in [0.2, 0.25) is 5.91 Å². The number of carbonyl (C=O) groups is 1. The number of hydrogen-bond acceptors (Lipinski definition) is 5. The lowest BCUT2D eigenvalue weighted by molar-refractivity contribution is -0.117. The number of aromatic nitrogens is 1. The minimum atomic E-state index is -0.0700. The quantitative estimate of drug-likeness (QED) is 0.804. The van der Waals surface area contributed by atoms with Crippen molar-refractivity contribution in [3.8, 4) is 11.5 Å². The molecule has 0 saturated carbocycles. The maximum absolute atomic E-state index is 12.2. The van der Waals surface area contributed by atoms with Gasteiger partial charge in [0.15, 0.2) is 11.5 Å². The fourth-order valence-electron chi connectivity index (χ4n) is 2.31. The summed E-state index contributed by atoms with van der Waals surface area (Å²) in [5, 5.41) is 2.87. The summed E-state index contributed by atoms with van der Waals surface area (Å²) in [6.45, 7) is 1.11. The number of benzene rings is 1. The third-order valence-corrected chi connectivity index (χ3v) is 3.61. The Morgan fingerprint density at radius 3 is 2.50 bits per heavy atom. The van der Waals surface area contributed by atoms with Gasteiger partial charge in [-0.1, -0.05) is 0 Å². The van der Waals surface area contributed by atoms with Gasteiger partial charge in [-0.3, -0.25) is 14.7 Å². The lowest BCUT2D eigenvalue weighted by atomic mass is 10.2. The normalized spacial score (nSPS) is 10.5. The molecule has 0 fully saturated rings. The highest BCUT2D eigenvalue weighted by Gasteiger charge is 2.09. The third kappa shape index (κ3) is 5.24. The molecule has 1 heterocycles. The fraction of sp³-hybridized carbons (Fsp3) is 0.333. The van der Waals surface area contributed by atoms with E-state index in [0.717, 1.165) is 13.0 Å². The van der Waals surface area contributed by atoms with Crippen molar-refractivity contribution in [2.24, 2.45) is 0 Å². The molecule has 1 aromatic heterocycles. The summed E-state index contributed by atoms with van der Waals surface area (Å²) in [4.78, 5) is 18.1. The lowest BCUT2D eigenvalue weighted by Gasteiger charge is -2.16. The van der Waals surface area contributed by atoms with E-state index < -0.39 is 0 Å². The highest BCUT2D eigenvalue weighted by Crippen LogP contribution is 2.29. The van der Waals surface area contributed by atoms with Gasteiger partial charge in [0.05, 0.1) is 20.8 Å². The average Bonchev–Trinajstić information content (AvgIpc) is 2.60. The van der Waals surface area contributed by atoms with Gasteiger partial charge in [0, 0.05) is 30.7 Å². The number of nitrogens with one attached hydrogen (secondary N) is 1. The first kappa shape index (κ1) is 17.7. The molecule has 6 nitrogen and oxygen atoms in total. The largest absolute Gasteiger partial charge is 0.493 e. The Balaban J connectivity index is 1.84. The van der Waals surface area contributed by atoms with Crippen molar-refractivity contribution in [2.75, 3.05) is 39.7 Å². The Morgan fingerprint density at radius 1 is 1.12 bits per heavy atom. The van der Waals surface area contributed by atoms with Crippen LogP contribution in [-0.2, 0) is 11.2 Å². The zero-order valence-corrected chi connectivity index (χ0v) is 14.3. The zero-order chi connectivity index (χ0) is 17.4. The first-order valence-electron chi connectivity index (χ1n) is 7.71. The molecule has 2 rings (SSSR count). The van der Waals surface area contributed by atoms with Crippen LogP contribution in [0.2, 0.25) is 0 Å². The number of pyridine rings is 1. The number of likely N-dealkylation sites (N-methyl/N-ethyl adjacent to an activating group) is 1. The Bertz CT molecular complexity index is 662. The smallest absolute Gasteiger partial charge is 0.238 e. The summed E-state index contributed by atoms with van der Waals surface area (Å²) in [5.74, 6) is 1.14. The molecule has 0 unspecified atom stereocenters. The van der Waals surface area contributed by atoms with Crippen LogP contribution in [0.5, 0.6) is 11.5 Å². The van der Waals surface area contributed by atoms with Crippen LogP contribution in [-0.4, -0.2) is 50.1 Å². The van der Waals surface area contributed by atoms with Crippen LogP contribution in [0.25, 0.3) is 0 Å². The minimum Gasteiger partial charge on any atom is -0.493 e. The van der Waals surface area contributed by atoms with E-state index in [4.69, 9.17) is 9.47 Å². The van der Waals surface area contributed by atoms with Crippen LogP contribution in [0.4, 0.5) is 5.69 Å². The van der Waals surface area contributed by atoms with E-state index in [1.807, 2.05) is 24.1 Å². The Morgan fingerprint density at radius 2 is 1.83 bits per heavy atom. The number of amides is 1. The molecule has 0 atom stereocenters. The van der Waals surface area contributed by atoms with Gasteiger partial charge in [-0.05, 0) is 43.3 Å². The van der Waals surface area contributed by atoms with E-state index in [9.17, 15) is 4.79 Å². The van der Waals surface area contributed by atoms with Crippen LogP contribution in [0.3, 0.4) is 0 Å². The highest BCUT2D eigenvalue weighted by molar-refractivity contribution is 5.92. The van der Waals surface area contributed by atoms with Gasteiger partial charge < -0.3 is 14.8 Å². The summed E-state index contributed by atoms with van der Waals surface area (Å²) in [7, 11) is 5.07. The summed E-state index contributed by atoms with van der Waals surface area (Å²) in [6.07, 6.45) is 4.43. The van der Waals surface area contributed by atoms with E-state index in [2.05, 4.69) is 10.3 Å². The highest BCUT2D eigenvalue weighted by atomic mass is 16.5. The molecule has 0 saturated heterocycles. The maximum atomic E-state index is 12.2. The Labute approximate surface area is 142 Å². The van der Waals surface area contributed by atoms with E-state index in [0.29, 0.717) is 23.7 Å². The van der Waals surface area contributed by atoms with Crippen molar-refractivity contribution in [1.82, 2.24) is 9.88 Å². The third-order valence-electron chi connectivity index (χ3n) is 3.61. The molecule has 1 N–H and O–H groups in total. The van der Waals surface area contributed by atoms with Crippen LogP contribution in [0.15, 0.2) is 42.7 Å². The Kier molecular flexibility index (Phi) is 6.57. The minimum absolute atomic E-state index is 0.0700. The van der Waals surface area contributed by atoms with Crippen molar-refractivity contribution < 1.29 is 14.3 Å². The average molecular weight is 329 g/mol. The Hall–Kier alpha value is -2.60. The maximum Gasteiger partial charge on any atom is 0.238 e. The molecule has 0 aliphatic rings. The second kappa shape index (κ2) is 8.88.